The Kier molecular flexibility index (Phi) is 20.3. The van der Waals surface area contributed by atoms with Gasteiger partial charge < -0.3 is 4.18 Å². The van der Waals surface area contributed by atoms with Crippen LogP contribution in [0.25, 0.3) is 0 Å². The Morgan fingerprint density at radius 2 is 1.00 bits per heavy atom. The van der Waals surface area contributed by atoms with Gasteiger partial charge in [0.2, 0.25) is 0 Å². The van der Waals surface area contributed by atoms with E-state index in [1.165, 1.54) is 83.5 Å². The maximum atomic E-state index is 11.9. The third-order valence-corrected chi connectivity index (χ3v) is 6.45. The molecule has 3 nitrogen and oxygen atoms in total. The van der Waals surface area contributed by atoms with E-state index in [0.29, 0.717) is 12.2 Å². The molecule has 1 aromatic rings. The van der Waals surface area contributed by atoms with Crippen LogP contribution < -0.4 is 4.18 Å². The van der Waals surface area contributed by atoms with Crippen LogP contribution in [0.5, 0.6) is 5.75 Å². The third kappa shape index (κ3) is 18.7. The summed E-state index contributed by atoms with van der Waals surface area (Å²) in [4.78, 5) is 0. The number of hydrogen-bond acceptors (Lipinski definition) is 3. The second-order valence-corrected chi connectivity index (χ2v) is 9.65. The van der Waals surface area contributed by atoms with Gasteiger partial charge in [0.1, 0.15) is 5.75 Å². The number of hydrogen-bond donors (Lipinski definition) is 0. The van der Waals surface area contributed by atoms with Crippen molar-refractivity contribution in [1.29, 1.82) is 0 Å². The summed E-state index contributed by atoms with van der Waals surface area (Å²) >= 11 is 0. The first-order chi connectivity index (χ1) is 13.6. The molecular formula is C24H44CaO3S. The van der Waals surface area contributed by atoms with Crippen molar-refractivity contribution in [2.24, 2.45) is 0 Å². The Morgan fingerprint density at radius 3 is 1.41 bits per heavy atom. The van der Waals surface area contributed by atoms with Crippen LogP contribution in [0.15, 0.2) is 30.3 Å². The van der Waals surface area contributed by atoms with Crippen LogP contribution in [-0.4, -0.2) is 51.9 Å². The summed E-state index contributed by atoms with van der Waals surface area (Å²) in [5, 5.41) is 0. The second kappa shape index (κ2) is 20.2. The molecule has 0 aliphatic carbocycles. The molecule has 0 aliphatic heterocycles. The van der Waals surface area contributed by atoms with E-state index in [9.17, 15) is 8.42 Å². The molecule has 1 rings (SSSR count). The third-order valence-electron chi connectivity index (χ3n) is 5.21. The van der Waals surface area contributed by atoms with Gasteiger partial charge in [-0.15, -0.1) is 0 Å². The molecule has 0 fully saturated rings. The SMILES string of the molecule is CCCCCCCCCCCCCCCCCCS(=O)(=O)Oc1ccccc1.[CaH2]. The Morgan fingerprint density at radius 1 is 0.621 bits per heavy atom. The van der Waals surface area contributed by atoms with Crippen LogP contribution in [0.3, 0.4) is 0 Å². The van der Waals surface area contributed by atoms with E-state index in [1.807, 2.05) is 6.07 Å². The van der Waals surface area contributed by atoms with Crippen LogP contribution in [0.4, 0.5) is 0 Å². The molecule has 0 saturated carbocycles. The topological polar surface area (TPSA) is 43.4 Å². The van der Waals surface area contributed by atoms with Gasteiger partial charge in [0, 0.05) is 0 Å². The van der Waals surface area contributed by atoms with Crippen LogP contribution in [0.2, 0.25) is 0 Å². The predicted molar refractivity (Wildman–Crippen MR) is 129 cm³/mol. The molecule has 29 heavy (non-hydrogen) atoms. The zero-order chi connectivity index (χ0) is 20.3. The van der Waals surface area contributed by atoms with E-state index in [0.717, 1.165) is 12.8 Å². The number of benzene rings is 1. The molecular weight excluding hydrogens is 408 g/mol. The van der Waals surface area contributed by atoms with E-state index >= 15 is 0 Å². The summed E-state index contributed by atoms with van der Waals surface area (Å²) in [5.41, 5.74) is 0. The van der Waals surface area contributed by atoms with Crippen molar-refractivity contribution in [3.8, 4) is 5.75 Å². The molecule has 1 aromatic carbocycles. The standard InChI is InChI=1S/C24H42O3S.Ca.2H/c1-2-3-4-5-6-7-8-9-10-11-12-13-14-15-16-20-23-28(25,26)27-24-21-18-17-19-22-24;;;/h17-19,21-22H,2-16,20,23H2,1H3;;;. The molecule has 0 amide bonds. The molecule has 0 heterocycles. The van der Waals surface area contributed by atoms with Gasteiger partial charge in [0.25, 0.3) is 0 Å². The quantitative estimate of drug-likeness (QED) is 0.133. The molecule has 0 spiro atoms. The second-order valence-electron chi connectivity index (χ2n) is 7.96. The molecule has 0 bridgehead atoms. The summed E-state index contributed by atoms with van der Waals surface area (Å²) < 4.78 is 28.9. The Bertz CT molecular complexity index is 561. The molecule has 0 radical (unpaired) electrons. The monoisotopic (exact) mass is 452 g/mol. The van der Waals surface area contributed by atoms with Crippen LogP contribution in [-0.2, 0) is 10.1 Å². The van der Waals surface area contributed by atoms with Gasteiger partial charge in [-0.25, -0.2) is 0 Å². The molecule has 0 atom stereocenters. The first kappa shape index (κ1) is 29.2. The maximum absolute atomic E-state index is 11.9. The summed E-state index contributed by atoms with van der Waals surface area (Å²) in [6.07, 6.45) is 20.6. The predicted octanol–water partition coefficient (Wildman–Crippen LogP) is 6.74. The Hall–Kier alpha value is 0.230. The van der Waals surface area contributed by atoms with Crippen molar-refractivity contribution in [3.63, 3.8) is 0 Å². The molecule has 0 unspecified atom stereocenters. The summed E-state index contributed by atoms with van der Waals surface area (Å²) in [7, 11) is -3.45. The average Bonchev–Trinajstić information content (AvgIpc) is 2.68. The van der Waals surface area contributed by atoms with Crippen molar-refractivity contribution in [1.82, 2.24) is 0 Å². The fourth-order valence-electron chi connectivity index (χ4n) is 3.49. The number of unbranched alkanes of at least 4 members (excludes halogenated alkanes) is 15. The van der Waals surface area contributed by atoms with Gasteiger partial charge in [-0.3, -0.25) is 0 Å². The van der Waals surface area contributed by atoms with Gasteiger partial charge in [0.05, 0.1) is 5.75 Å². The Balaban J connectivity index is 0.00000784. The first-order valence-corrected chi connectivity index (χ1v) is 13.2. The van der Waals surface area contributed by atoms with E-state index in [2.05, 4.69) is 6.92 Å². The van der Waals surface area contributed by atoms with Crippen molar-refractivity contribution >= 4 is 47.9 Å². The number of rotatable bonds is 19. The average molecular weight is 453 g/mol. The molecule has 0 aliphatic rings. The molecule has 166 valence electrons. The van der Waals surface area contributed by atoms with Gasteiger partial charge in [-0.05, 0) is 18.6 Å². The van der Waals surface area contributed by atoms with Gasteiger partial charge >= 0.3 is 47.9 Å². The van der Waals surface area contributed by atoms with Crippen molar-refractivity contribution in [2.75, 3.05) is 5.75 Å². The van der Waals surface area contributed by atoms with Gasteiger partial charge in [-0.1, -0.05) is 121 Å². The molecule has 0 saturated heterocycles. The minimum absolute atomic E-state index is 0. The van der Waals surface area contributed by atoms with Crippen molar-refractivity contribution in [2.45, 2.75) is 110 Å². The van der Waals surface area contributed by atoms with Crippen molar-refractivity contribution in [3.05, 3.63) is 30.3 Å². The zero-order valence-electron chi connectivity index (χ0n) is 18.0. The molecule has 0 N–H and O–H groups in total. The Labute approximate surface area is 210 Å². The molecule has 0 aromatic heterocycles. The first-order valence-electron chi connectivity index (χ1n) is 11.6. The summed E-state index contributed by atoms with van der Waals surface area (Å²) in [6.45, 7) is 2.27. The van der Waals surface area contributed by atoms with Crippen LogP contribution in [0, 0.1) is 0 Å². The van der Waals surface area contributed by atoms with Crippen LogP contribution >= 0.6 is 0 Å². The van der Waals surface area contributed by atoms with E-state index in [1.54, 1.807) is 24.3 Å². The zero-order valence-corrected chi connectivity index (χ0v) is 18.9. The molecule has 5 heteroatoms. The van der Waals surface area contributed by atoms with E-state index in [4.69, 9.17) is 4.18 Å². The van der Waals surface area contributed by atoms with E-state index < -0.39 is 10.1 Å². The minimum atomic E-state index is -3.45. The fourth-order valence-corrected chi connectivity index (χ4v) is 4.54. The normalized spacial score (nSPS) is 11.2. The van der Waals surface area contributed by atoms with Gasteiger partial charge in [-0.2, -0.15) is 8.42 Å². The van der Waals surface area contributed by atoms with E-state index in [-0.39, 0.29) is 43.5 Å². The summed E-state index contributed by atoms with van der Waals surface area (Å²) in [6, 6.07) is 8.74. The van der Waals surface area contributed by atoms with Crippen molar-refractivity contribution < 1.29 is 12.6 Å². The number of para-hydroxylation sites is 1. The fraction of sp³-hybridized carbons (Fsp3) is 0.750. The van der Waals surface area contributed by atoms with Crippen LogP contribution in [0.1, 0.15) is 110 Å². The summed E-state index contributed by atoms with van der Waals surface area (Å²) in [5.74, 6) is 0.513. The van der Waals surface area contributed by atoms with Gasteiger partial charge in [0.15, 0.2) is 0 Å².